The summed E-state index contributed by atoms with van der Waals surface area (Å²) >= 11 is 3.57. The Morgan fingerprint density at radius 2 is 2.32 bits per heavy atom. The molecule has 0 N–H and O–H groups in total. The molecular formula is C13H15BrN4O. The van der Waals surface area contributed by atoms with Crippen LogP contribution in [0.2, 0.25) is 0 Å². The predicted octanol–water partition coefficient (Wildman–Crippen LogP) is 1.97. The van der Waals surface area contributed by atoms with E-state index in [-0.39, 0.29) is 5.91 Å². The Kier molecular flexibility index (Phi) is 3.26. The molecule has 1 aliphatic rings. The number of nitrogens with zero attached hydrogens (tertiary/aromatic N) is 4. The lowest BCUT2D eigenvalue weighted by Gasteiger charge is -2.34. The second kappa shape index (κ2) is 4.92. The first-order chi connectivity index (χ1) is 9.15. The van der Waals surface area contributed by atoms with E-state index in [1.54, 1.807) is 34.2 Å². The van der Waals surface area contributed by atoms with Crippen LogP contribution in [-0.2, 0) is 0 Å². The van der Waals surface area contributed by atoms with Crippen molar-refractivity contribution in [3.8, 4) is 0 Å². The van der Waals surface area contributed by atoms with Gasteiger partial charge in [0.2, 0.25) is 0 Å². The average Bonchev–Trinajstić information content (AvgIpc) is 2.79. The van der Waals surface area contributed by atoms with E-state index in [1.165, 1.54) is 0 Å². The fourth-order valence-electron chi connectivity index (χ4n) is 2.48. The molecule has 5 nitrogen and oxygen atoms in total. The molecule has 1 fully saturated rings. The molecule has 0 radical (unpaired) electrons. The topological polar surface area (TPSA) is 50.5 Å². The van der Waals surface area contributed by atoms with Gasteiger partial charge in [-0.15, -0.1) is 0 Å². The lowest BCUT2D eigenvalue weighted by Crippen LogP contribution is -2.37. The van der Waals surface area contributed by atoms with Gasteiger partial charge in [0.05, 0.1) is 23.5 Å². The van der Waals surface area contributed by atoms with Crippen LogP contribution in [-0.4, -0.2) is 43.8 Å². The quantitative estimate of drug-likeness (QED) is 0.812. The molecule has 1 saturated carbocycles. The molecule has 6 heteroatoms. The molecule has 2 aromatic rings. The van der Waals surface area contributed by atoms with Crippen molar-refractivity contribution in [1.29, 1.82) is 0 Å². The summed E-state index contributed by atoms with van der Waals surface area (Å²) in [4.78, 5) is 18.9. The number of hydrogen-bond acceptors (Lipinski definition) is 3. The third-order valence-electron chi connectivity index (χ3n) is 3.61. The highest BCUT2D eigenvalue weighted by Crippen LogP contribution is 2.33. The van der Waals surface area contributed by atoms with Crippen molar-refractivity contribution < 1.29 is 4.79 Å². The number of amides is 1. The van der Waals surface area contributed by atoms with E-state index in [0.29, 0.717) is 16.3 Å². The predicted molar refractivity (Wildman–Crippen MR) is 75.4 cm³/mol. The molecule has 0 bridgehead atoms. The van der Waals surface area contributed by atoms with Gasteiger partial charge in [0.25, 0.3) is 5.91 Å². The summed E-state index contributed by atoms with van der Waals surface area (Å²) in [5, 5.41) is 4.17. The Balaban J connectivity index is 1.75. The van der Waals surface area contributed by atoms with Gasteiger partial charge in [0, 0.05) is 30.8 Å². The lowest BCUT2D eigenvalue weighted by molar-refractivity contribution is 0.0750. The standard InChI is InChI=1S/C13H15BrN4O/c1-17(8-9-4-10(14)5-9)13(19)11-6-16-18-3-2-15-7-12(11)18/h2-3,6-7,9-10H,4-5,8H2,1H3. The molecule has 3 rings (SSSR count). The van der Waals surface area contributed by atoms with Crippen molar-refractivity contribution in [2.45, 2.75) is 17.7 Å². The van der Waals surface area contributed by atoms with E-state index < -0.39 is 0 Å². The molecule has 2 heterocycles. The molecule has 1 aliphatic carbocycles. The highest BCUT2D eigenvalue weighted by Gasteiger charge is 2.29. The fourth-order valence-corrected chi connectivity index (χ4v) is 3.54. The van der Waals surface area contributed by atoms with Crippen molar-refractivity contribution in [3.63, 3.8) is 0 Å². The van der Waals surface area contributed by atoms with E-state index >= 15 is 0 Å². The van der Waals surface area contributed by atoms with Gasteiger partial charge in [0.1, 0.15) is 0 Å². The van der Waals surface area contributed by atoms with Crippen molar-refractivity contribution in [2.24, 2.45) is 5.92 Å². The average molecular weight is 323 g/mol. The van der Waals surface area contributed by atoms with Crippen LogP contribution < -0.4 is 0 Å². The third kappa shape index (κ3) is 2.36. The molecule has 0 saturated heterocycles. The van der Waals surface area contributed by atoms with Gasteiger partial charge in [-0.1, -0.05) is 15.9 Å². The smallest absolute Gasteiger partial charge is 0.257 e. The first-order valence-electron chi connectivity index (χ1n) is 6.32. The summed E-state index contributed by atoms with van der Waals surface area (Å²) in [5.74, 6) is 0.624. The second-order valence-corrected chi connectivity index (χ2v) is 6.38. The zero-order valence-electron chi connectivity index (χ0n) is 10.7. The van der Waals surface area contributed by atoms with Gasteiger partial charge in [-0.2, -0.15) is 5.10 Å². The van der Waals surface area contributed by atoms with Crippen LogP contribution in [0, 0.1) is 5.92 Å². The van der Waals surface area contributed by atoms with Gasteiger partial charge in [-0.05, 0) is 18.8 Å². The Bertz CT molecular complexity index is 605. The van der Waals surface area contributed by atoms with Crippen LogP contribution in [0.25, 0.3) is 5.52 Å². The van der Waals surface area contributed by atoms with Crippen LogP contribution in [0.4, 0.5) is 0 Å². The highest BCUT2D eigenvalue weighted by atomic mass is 79.9. The second-order valence-electron chi connectivity index (χ2n) is 5.08. The molecule has 0 spiro atoms. The monoisotopic (exact) mass is 322 g/mol. The minimum atomic E-state index is 0.0148. The molecule has 19 heavy (non-hydrogen) atoms. The van der Waals surface area contributed by atoms with Gasteiger partial charge in [-0.3, -0.25) is 9.78 Å². The summed E-state index contributed by atoms with van der Waals surface area (Å²) in [6.45, 7) is 0.804. The minimum absolute atomic E-state index is 0.0148. The van der Waals surface area contributed by atoms with Crippen LogP contribution in [0.5, 0.6) is 0 Å². The number of fused-ring (bicyclic) bond motifs is 1. The minimum Gasteiger partial charge on any atom is -0.341 e. The highest BCUT2D eigenvalue weighted by molar-refractivity contribution is 9.09. The zero-order valence-corrected chi connectivity index (χ0v) is 12.2. The maximum atomic E-state index is 12.4. The number of halogens is 1. The summed E-state index contributed by atoms with van der Waals surface area (Å²) < 4.78 is 1.67. The summed E-state index contributed by atoms with van der Waals surface area (Å²) in [5.41, 5.74) is 1.37. The molecular weight excluding hydrogens is 308 g/mol. The Hall–Kier alpha value is -1.43. The maximum Gasteiger partial charge on any atom is 0.257 e. The van der Waals surface area contributed by atoms with E-state index in [9.17, 15) is 4.79 Å². The molecule has 0 aliphatic heterocycles. The Labute approximate surface area is 119 Å². The van der Waals surface area contributed by atoms with E-state index in [1.807, 2.05) is 7.05 Å². The normalized spacial score (nSPS) is 22.2. The van der Waals surface area contributed by atoms with Gasteiger partial charge in [-0.25, -0.2) is 4.52 Å². The number of aromatic nitrogens is 3. The number of carbonyl (C=O) groups is 1. The number of hydrogen-bond donors (Lipinski definition) is 0. The zero-order chi connectivity index (χ0) is 13.4. The number of alkyl halides is 1. The lowest BCUT2D eigenvalue weighted by atomic mass is 9.85. The largest absolute Gasteiger partial charge is 0.341 e. The SMILES string of the molecule is CN(CC1CC(Br)C1)C(=O)c1cnn2ccncc12. The third-order valence-corrected chi connectivity index (χ3v) is 4.36. The molecule has 0 aromatic carbocycles. The van der Waals surface area contributed by atoms with Gasteiger partial charge < -0.3 is 4.90 Å². The molecule has 100 valence electrons. The Morgan fingerprint density at radius 1 is 1.53 bits per heavy atom. The van der Waals surface area contributed by atoms with E-state index in [2.05, 4.69) is 26.0 Å². The van der Waals surface area contributed by atoms with Crippen LogP contribution >= 0.6 is 15.9 Å². The van der Waals surface area contributed by atoms with Crippen molar-refractivity contribution >= 4 is 27.4 Å². The summed E-state index contributed by atoms with van der Waals surface area (Å²) in [6, 6.07) is 0. The van der Waals surface area contributed by atoms with E-state index in [0.717, 1.165) is 24.9 Å². The van der Waals surface area contributed by atoms with Gasteiger partial charge in [0.15, 0.2) is 0 Å². The van der Waals surface area contributed by atoms with E-state index in [4.69, 9.17) is 0 Å². The van der Waals surface area contributed by atoms with Gasteiger partial charge >= 0.3 is 0 Å². The molecule has 0 unspecified atom stereocenters. The van der Waals surface area contributed by atoms with Crippen molar-refractivity contribution in [1.82, 2.24) is 19.5 Å². The number of rotatable bonds is 3. The summed E-state index contributed by atoms with van der Waals surface area (Å²) in [6.07, 6.45) is 8.98. The fraction of sp³-hybridized carbons (Fsp3) is 0.462. The van der Waals surface area contributed by atoms with Crippen LogP contribution in [0.1, 0.15) is 23.2 Å². The molecule has 2 aromatic heterocycles. The molecule has 1 amide bonds. The first-order valence-corrected chi connectivity index (χ1v) is 7.23. The Morgan fingerprint density at radius 3 is 3.05 bits per heavy atom. The number of carbonyl (C=O) groups excluding carboxylic acids is 1. The maximum absolute atomic E-state index is 12.4. The van der Waals surface area contributed by atoms with Crippen LogP contribution in [0.15, 0.2) is 24.8 Å². The summed E-state index contributed by atoms with van der Waals surface area (Å²) in [7, 11) is 1.85. The van der Waals surface area contributed by atoms with Crippen molar-refractivity contribution in [3.05, 3.63) is 30.4 Å². The molecule has 0 atom stereocenters. The first kappa shape index (κ1) is 12.6. The van der Waals surface area contributed by atoms with Crippen LogP contribution in [0.3, 0.4) is 0 Å². The van der Waals surface area contributed by atoms with Crippen molar-refractivity contribution in [2.75, 3.05) is 13.6 Å².